The number of aromatic nitrogens is 4. The fourth-order valence-electron chi connectivity index (χ4n) is 6.38. The van der Waals surface area contributed by atoms with E-state index in [4.69, 9.17) is 37.3 Å². The molecule has 4 aromatic heterocycles. The number of benzene rings is 4. The van der Waals surface area contributed by atoms with Crippen LogP contribution in [0.2, 0.25) is 4.94 Å². The van der Waals surface area contributed by atoms with Gasteiger partial charge in [0, 0.05) is 39.7 Å². The molecule has 4 aromatic carbocycles. The van der Waals surface area contributed by atoms with Crippen LogP contribution in [0.4, 0.5) is 21.4 Å². The Kier molecular flexibility index (Phi) is 22.5. The largest absolute Gasteiger partial charge is 0.369 e. The molecule has 0 saturated carbocycles. The van der Waals surface area contributed by atoms with Gasteiger partial charge in [-0.15, -0.1) is 45.3 Å². The number of quaternary nitrogens is 1. The predicted molar refractivity (Wildman–Crippen MR) is 285 cm³/mol. The molecule has 0 aliphatic carbocycles. The SMILES string of the molecule is O=COCc1ncsc1N[C@@H](Cc1ccc(NS(=O)(=O)[O-])cc1)c1csc(-c2ccccc2)n1.O=COCc1ncsc1N[C@@H](Cc1ccc([N+](=O)[O-])cc1)c1csc(-c2ccccc2)n1.[CH3][SnH]([Cl])[Cl].[NH4+]. The van der Waals surface area contributed by atoms with E-state index in [1.165, 1.54) is 58.3 Å². The minimum atomic E-state index is -4.59. The van der Waals surface area contributed by atoms with E-state index in [9.17, 15) is 32.7 Å². The van der Waals surface area contributed by atoms with Crippen LogP contribution < -0.4 is 21.5 Å². The molecule has 0 radical (unpaired) electrons. The minimum Gasteiger partial charge on any atom is -0.369 e. The monoisotopic (exact) mass is 1210 g/mol. The number of rotatable bonds is 21. The van der Waals surface area contributed by atoms with Gasteiger partial charge in [0.2, 0.25) is 0 Å². The van der Waals surface area contributed by atoms with Gasteiger partial charge < -0.3 is 30.8 Å². The molecule has 0 spiro atoms. The van der Waals surface area contributed by atoms with Crippen molar-refractivity contribution in [2.75, 3.05) is 15.4 Å². The summed E-state index contributed by atoms with van der Waals surface area (Å²) in [6.07, 6.45) is 1.08. The van der Waals surface area contributed by atoms with Gasteiger partial charge in [0.25, 0.3) is 18.6 Å². The number of anilines is 3. The van der Waals surface area contributed by atoms with Gasteiger partial charge in [0.05, 0.1) is 39.4 Å². The number of carbonyl (C=O) groups excluding carboxylic acids is 2. The number of nitro groups is 1. The van der Waals surface area contributed by atoms with Crippen LogP contribution in [-0.2, 0) is 55.4 Å². The van der Waals surface area contributed by atoms with Gasteiger partial charge in [-0.25, -0.2) is 28.4 Å². The molecular formula is C45H45Cl2N9O9S5Sn. The molecule has 8 rings (SSSR count). The molecule has 18 nitrogen and oxygen atoms in total. The summed E-state index contributed by atoms with van der Waals surface area (Å²) in [4.78, 5) is 51.9. The van der Waals surface area contributed by atoms with Crippen molar-refractivity contribution < 1.29 is 37.0 Å². The van der Waals surface area contributed by atoms with Crippen LogP contribution >= 0.6 is 63.2 Å². The van der Waals surface area contributed by atoms with Gasteiger partial charge in [-0.2, -0.15) is 0 Å². The molecule has 0 aliphatic rings. The van der Waals surface area contributed by atoms with Crippen molar-refractivity contribution in [3.63, 3.8) is 0 Å². The number of ether oxygens (including phenoxy) is 2. The Hall–Kier alpha value is -5.61. The Morgan fingerprint density at radius 3 is 1.48 bits per heavy atom. The zero-order valence-corrected chi connectivity index (χ0v) is 46.5. The molecule has 26 heteroatoms. The van der Waals surface area contributed by atoms with Gasteiger partial charge >= 0.3 is 40.3 Å². The summed E-state index contributed by atoms with van der Waals surface area (Å²) < 4.78 is 44.5. The number of non-ortho nitro benzene ring substituents is 1. The summed E-state index contributed by atoms with van der Waals surface area (Å²) in [5.41, 5.74) is 10.4. The van der Waals surface area contributed by atoms with E-state index in [-0.39, 0.29) is 42.8 Å². The Morgan fingerprint density at radius 1 is 0.690 bits per heavy atom. The van der Waals surface area contributed by atoms with E-state index in [2.05, 4.69) is 20.6 Å². The molecule has 2 atom stereocenters. The van der Waals surface area contributed by atoms with Crippen molar-refractivity contribution >= 4 is 125 Å². The summed E-state index contributed by atoms with van der Waals surface area (Å²) in [6, 6.07) is 32.4. The number of thiazole rings is 4. The number of nitrogens with zero attached hydrogens (tertiary/aromatic N) is 5. The van der Waals surface area contributed by atoms with Gasteiger partial charge in [0.1, 0.15) is 44.6 Å². The second-order valence-corrected chi connectivity index (χ2v) is 32.2. The average molecular weight is 1210 g/mol. The Labute approximate surface area is 439 Å². The van der Waals surface area contributed by atoms with Crippen molar-refractivity contribution in [3.8, 4) is 21.1 Å². The summed E-state index contributed by atoms with van der Waals surface area (Å²) >= 11 is 4.20. The van der Waals surface area contributed by atoms with Crippen LogP contribution in [0.15, 0.2) is 131 Å². The number of nitrogens with one attached hydrogen (secondary N) is 3. The van der Waals surface area contributed by atoms with E-state index in [0.717, 1.165) is 53.7 Å². The standard InChI is InChI=1S/C22H20N4O5S3.C22H18N4O4S2.CH3.2ClH.H3N.Sn.H/c27-14-31-11-19-22(33-13-23-19)24-18(10-15-6-8-17(9-7-15)26-34(28,29)30)20-12-32-21(25-20)16-4-2-1-3-5-16;27-14-30-11-19-22(32-13-23-19)24-18(10-15-6-8-17(9-7-15)26(28)29)20-12-31-21(25-20)16-4-2-1-3-5-16;;;;;;/h1-9,12-14,18,24,26H,10-11H2,(H,28,29,30);1-9,12-14,18,24H,10-11H2;1H3;2*1H;1H3;;/q;;;;;;+2;/p-2/t2*18-;;;;;;/m00....../s1. The van der Waals surface area contributed by atoms with Crippen LogP contribution in [0.25, 0.3) is 21.1 Å². The van der Waals surface area contributed by atoms with Crippen LogP contribution in [0.1, 0.15) is 46.0 Å². The van der Waals surface area contributed by atoms with Crippen LogP contribution in [0.3, 0.4) is 0 Å². The van der Waals surface area contributed by atoms with Crippen LogP contribution in [0, 0.1) is 10.1 Å². The van der Waals surface area contributed by atoms with Crippen molar-refractivity contribution in [2.24, 2.45) is 0 Å². The van der Waals surface area contributed by atoms with Crippen molar-refractivity contribution in [1.29, 1.82) is 0 Å². The molecule has 372 valence electrons. The Bertz CT molecular complexity index is 3000. The zero-order chi connectivity index (χ0) is 49.9. The molecular weight excluding hydrogens is 1160 g/mol. The molecule has 8 aromatic rings. The first-order valence-corrected chi connectivity index (χ1v) is 37.2. The van der Waals surface area contributed by atoms with E-state index < -0.39 is 32.7 Å². The maximum Gasteiger partial charge on any atom is -0.369 e. The summed E-state index contributed by atoms with van der Waals surface area (Å²) in [7, 11) is 5.91. The fourth-order valence-corrected chi connectivity index (χ4v) is 10.0. The minimum absolute atomic E-state index is 0. The number of carbonyl (C=O) groups is 2. The molecule has 0 unspecified atom stereocenters. The van der Waals surface area contributed by atoms with Crippen molar-refractivity contribution in [1.82, 2.24) is 26.1 Å². The summed E-state index contributed by atoms with van der Waals surface area (Å²) in [5.74, 6) is 0. The van der Waals surface area contributed by atoms with Crippen molar-refractivity contribution in [3.05, 3.63) is 175 Å². The Morgan fingerprint density at radius 2 is 1.10 bits per heavy atom. The molecule has 0 bridgehead atoms. The number of hydrogen-bond acceptors (Lipinski definition) is 19. The molecule has 4 heterocycles. The summed E-state index contributed by atoms with van der Waals surface area (Å²) in [5, 5.41) is 25.2. The third kappa shape index (κ3) is 18.2. The number of hydrogen-bond donors (Lipinski definition) is 4. The smallest absolute Gasteiger partial charge is 0.369 e. The van der Waals surface area contributed by atoms with Crippen LogP contribution in [0.5, 0.6) is 0 Å². The van der Waals surface area contributed by atoms with Gasteiger partial charge in [0.15, 0.2) is 10.3 Å². The molecule has 71 heavy (non-hydrogen) atoms. The third-order valence-corrected chi connectivity index (χ3v) is 13.4. The maximum atomic E-state index is 11.0. The second kappa shape index (κ2) is 28.4. The summed E-state index contributed by atoms with van der Waals surface area (Å²) in [6.45, 7) is 0.902. The van der Waals surface area contributed by atoms with Crippen molar-refractivity contribution in [2.45, 2.75) is 43.1 Å². The normalized spacial score (nSPS) is 11.6. The van der Waals surface area contributed by atoms with E-state index in [0.29, 0.717) is 37.2 Å². The topological polar surface area (TPSA) is 277 Å². The van der Waals surface area contributed by atoms with E-state index >= 15 is 0 Å². The average Bonchev–Trinajstić information content (AvgIpc) is 4.20. The molecule has 0 aliphatic heterocycles. The first kappa shape index (κ1) is 56.3. The molecule has 0 fully saturated rings. The second-order valence-electron chi connectivity index (χ2n) is 14.5. The first-order chi connectivity index (χ1) is 33.8. The fraction of sp³-hybridized carbons (Fsp3) is 0.156. The zero-order valence-electron chi connectivity index (χ0n) is 37.6. The number of nitro benzene ring substituents is 1. The van der Waals surface area contributed by atoms with Gasteiger partial charge in [-0.3, -0.25) is 24.4 Å². The predicted octanol–water partition coefficient (Wildman–Crippen LogP) is 11.1. The van der Waals surface area contributed by atoms with Gasteiger partial charge in [-0.1, -0.05) is 84.9 Å². The van der Waals surface area contributed by atoms with Crippen LogP contribution in [-0.4, -0.2) is 68.3 Å². The first-order valence-electron chi connectivity index (χ1n) is 20.6. The quantitative estimate of drug-likeness (QED) is 0.0171. The maximum absolute atomic E-state index is 11.0. The van der Waals surface area contributed by atoms with E-state index in [1.807, 2.05) is 81.1 Å². The molecule has 7 N–H and O–H groups in total. The molecule has 0 saturated heterocycles. The number of halogens is 2. The third-order valence-electron chi connectivity index (χ3n) is 9.49. The van der Waals surface area contributed by atoms with Gasteiger partial charge in [-0.05, 0) is 36.1 Å². The van der Waals surface area contributed by atoms with E-state index in [1.54, 1.807) is 46.6 Å². The molecule has 0 amide bonds. The Balaban J connectivity index is 0.000000243.